The summed E-state index contributed by atoms with van der Waals surface area (Å²) in [4.78, 5) is 19.4. The number of amides is 1. The average Bonchev–Trinajstić information content (AvgIpc) is 3.08. The van der Waals surface area contributed by atoms with Crippen LogP contribution in [0.3, 0.4) is 0 Å². The maximum absolute atomic E-state index is 12.5. The van der Waals surface area contributed by atoms with Crippen LogP contribution in [0, 0.1) is 0 Å². The molecule has 0 bridgehead atoms. The smallest absolute Gasteiger partial charge is 0.356 e. The van der Waals surface area contributed by atoms with Crippen LogP contribution < -0.4 is 16.0 Å². The summed E-state index contributed by atoms with van der Waals surface area (Å²) in [5.74, 6) is 0.134. The number of hydrogen-bond donors (Lipinski definition) is 3. The van der Waals surface area contributed by atoms with Gasteiger partial charge in [-0.05, 0) is 12.1 Å². The highest BCUT2D eigenvalue weighted by molar-refractivity contribution is 14.0. The lowest BCUT2D eigenvalue weighted by Gasteiger charge is -2.11. The Bertz CT molecular complexity index is 752. The molecule has 1 amide bonds. The average molecular weight is 513 g/mol. The van der Waals surface area contributed by atoms with Crippen molar-refractivity contribution in [3.8, 4) is 0 Å². The fraction of sp³-hybridized carbons (Fsp3) is 0.312. The van der Waals surface area contributed by atoms with Crippen LogP contribution in [0.4, 0.5) is 18.9 Å². The van der Waals surface area contributed by atoms with Crippen molar-refractivity contribution in [3.63, 3.8) is 0 Å². The number of carbonyl (C=O) groups is 1. The molecule has 0 unspecified atom stereocenters. The molecule has 1 aromatic carbocycles. The molecule has 2 aromatic rings. The number of hydrogen-bond acceptors (Lipinski definition) is 4. The van der Waals surface area contributed by atoms with Crippen molar-refractivity contribution in [1.82, 2.24) is 15.6 Å². The van der Waals surface area contributed by atoms with E-state index >= 15 is 0 Å². The Hall–Kier alpha value is -1.89. The lowest BCUT2D eigenvalue weighted by atomic mass is 10.3. The number of benzene rings is 1. The summed E-state index contributed by atoms with van der Waals surface area (Å²) in [6, 6.07) is 9.01. The number of aromatic nitrogens is 1. The molecular weight excluding hydrogens is 494 g/mol. The van der Waals surface area contributed by atoms with Gasteiger partial charge < -0.3 is 16.0 Å². The zero-order valence-electron chi connectivity index (χ0n) is 14.3. The number of carbonyl (C=O) groups excluding carboxylic acids is 1. The lowest BCUT2D eigenvalue weighted by molar-refractivity contribution is -0.140. The lowest BCUT2D eigenvalue weighted by Crippen LogP contribution is -2.42. The van der Waals surface area contributed by atoms with Crippen LogP contribution in [0.15, 0.2) is 40.7 Å². The van der Waals surface area contributed by atoms with E-state index in [-0.39, 0.29) is 36.4 Å². The second-order valence-electron chi connectivity index (χ2n) is 5.14. The van der Waals surface area contributed by atoms with Gasteiger partial charge in [-0.2, -0.15) is 13.2 Å². The number of aliphatic imine (C=N–C) groups is 1. The molecule has 11 heteroatoms. The van der Waals surface area contributed by atoms with Gasteiger partial charge in [0.1, 0.15) is 0 Å². The first-order valence-electron chi connectivity index (χ1n) is 7.69. The molecule has 0 spiro atoms. The summed E-state index contributed by atoms with van der Waals surface area (Å²) in [6.07, 6.45) is -4.11. The van der Waals surface area contributed by atoms with Crippen LogP contribution in [0.25, 0.3) is 0 Å². The highest BCUT2D eigenvalue weighted by Crippen LogP contribution is 2.29. The van der Waals surface area contributed by atoms with Gasteiger partial charge in [-0.3, -0.25) is 9.79 Å². The molecule has 1 aromatic heterocycles. The van der Waals surface area contributed by atoms with Crippen molar-refractivity contribution in [1.29, 1.82) is 0 Å². The third-order valence-corrected chi connectivity index (χ3v) is 4.08. The van der Waals surface area contributed by atoms with E-state index in [0.29, 0.717) is 29.6 Å². The number of halogens is 4. The number of anilines is 1. The Labute approximate surface area is 175 Å². The Balaban J connectivity index is 0.00000364. The van der Waals surface area contributed by atoms with Crippen molar-refractivity contribution in [2.45, 2.75) is 12.6 Å². The number of para-hydroxylation sites is 1. The number of guanidine groups is 1. The molecule has 2 rings (SSSR count). The molecule has 6 nitrogen and oxygen atoms in total. The summed E-state index contributed by atoms with van der Waals surface area (Å²) in [6.45, 7) is 0.342. The van der Waals surface area contributed by atoms with Gasteiger partial charge in [0.2, 0.25) is 5.91 Å². The molecule has 0 fully saturated rings. The minimum Gasteiger partial charge on any atom is -0.356 e. The van der Waals surface area contributed by atoms with Gasteiger partial charge in [0, 0.05) is 31.1 Å². The van der Waals surface area contributed by atoms with Crippen LogP contribution in [-0.4, -0.2) is 37.0 Å². The number of nitrogens with one attached hydrogen (secondary N) is 3. The van der Waals surface area contributed by atoms with E-state index < -0.39 is 11.9 Å². The van der Waals surface area contributed by atoms with Crippen LogP contribution >= 0.6 is 35.3 Å². The van der Waals surface area contributed by atoms with E-state index in [4.69, 9.17) is 0 Å². The number of alkyl halides is 3. The Kier molecular flexibility index (Phi) is 9.49. The first-order valence-corrected chi connectivity index (χ1v) is 8.57. The second-order valence-corrected chi connectivity index (χ2v) is 6.08. The zero-order chi connectivity index (χ0) is 19.0. The third-order valence-electron chi connectivity index (χ3n) is 3.17. The predicted molar refractivity (Wildman–Crippen MR) is 111 cm³/mol. The highest BCUT2D eigenvalue weighted by atomic mass is 127. The summed E-state index contributed by atoms with van der Waals surface area (Å²) in [7, 11) is 1.54. The van der Waals surface area contributed by atoms with Crippen molar-refractivity contribution >= 4 is 52.9 Å². The number of nitrogens with zero attached hydrogens (tertiary/aromatic N) is 2. The van der Waals surface area contributed by atoms with Gasteiger partial charge >= 0.3 is 6.18 Å². The molecular formula is C16H19F3IN5OS. The minimum absolute atomic E-state index is 0. The largest absolute Gasteiger partial charge is 0.434 e. The van der Waals surface area contributed by atoms with E-state index in [1.165, 1.54) is 7.05 Å². The summed E-state index contributed by atoms with van der Waals surface area (Å²) < 4.78 is 37.5. The van der Waals surface area contributed by atoms with Gasteiger partial charge in [0.25, 0.3) is 0 Å². The molecule has 0 saturated heterocycles. The molecule has 1 heterocycles. The molecule has 0 aliphatic carbocycles. The van der Waals surface area contributed by atoms with Gasteiger partial charge in [0.05, 0.1) is 11.6 Å². The Morgan fingerprint density at radius 3 is 2.52 bits per heavy atom. The van der Waals surface area contributed by atoms with Crippen LogP contribution in [0.2, 0.25) is 0 Å². The van der Waals surface area contributed by atoms with E-state index in [1.54, 1.807) is 12.1 Å². The molecule has 3 N–H and O–H groups in total. The number of thiazole rings is 1. The van der Waals surface area contributed by atoms with Crippen LogP contribution in [0.1, 0.15) is 10.7 Å². The van der Waals surface area contributed by atoms with Crippen molar-refractivity contribution in [2.75, 3.05) is 25.5 Å². The molecule has 148 valence electrons. The fourth-order valence-corrected chi connectivity index (χ4v) is 2.76. The maximum Gasteiger partial charge on any atom is 0.434 e. The predicted octanol–water partition coefficient (Wildman–Crippen LogP) is 3.13. The normalized spacial score (nSPS) is 11.5. The zero-order valence-corrected chi connectivity index (χ0v) is 17.5. The molecule has 0 atom stereocenters. The summed E-state index contributed by atoms with van der Waals surface area (Å²) in [5, 5.41) is 9.86. The van der Waals surface area contributed by atoms with Gasteiger partial charge in [-0.25, -0.2) is 4.98 Å². The maximum atomic E-state index is 12.5. The standard InChI is InChI=1S/C16H18F3N5OS.HI/c1-20-15(22-9-13(25)23-11-5-3-2-4-6-11)21-8-7-14-24-12(10-26-14)16(17,18)19;/h2-6,10H,7-9H2,1H3,(H,23,25)(H2,20,21,22);1H. The fourth-order valence-electron chi connectivity index (χ4n) is 1.96. The summed E-state index contributed by atoms with van der Waals surface area (Å²) >= 11 is 0.960. The second kappa shape index (κ2) is 11.1. The molecule has 0 radical (unpaired) electrons. The van der Waals surface area contributed by atoms with Crippen molar-refractivity contribution in [2.24, 2.45) is 4.99 Å². The van der Waals surface area contributed by atoms with Gasteiger partial charge in [-0.15, -0.1) is 35.3 Å². The SMILES string of the molecule is CN=C(NCCc1nc(C(F)(F)F)cs1)NCC(=O)Nc1ccccc1.I. The van der Waals surface area contributed by atoms with E-state index in [0.717, 1.165) is 16.7 Å². The molecule has 0 aliphatic rings. The minimum atomic E-state index is -4.42. The molecule has 0 saturated carbocycles. The highest BCUT2D eigenvalue weighted by Gasteiger charge is 2.33. The van der Waals surface area contributed by atoms with E-state index in [1.807, 2.05) is 18.2 Å². The molecule has 0 aliphatic heterocycles. The Morgan fingerprint density at radius 1 is 1.22 bits per heavy atom. The third kappa shape index (κ3) is 8.12. The Morgan fingerprint density at radius 2 is 1.93 bits per heavy atom. The van der Waals surface area contributed by atoms with E-state index in [9.17, 15) is 18.0 Å². The first-order chi connectivity index (χ1) is 12.4. The quantitative estimate of drug-likeness (QED) is 0.315. The first kappa shape index (κ1) is 23.1. The van der Waals surface area contributed by atoms with Gasteiger partial charge in [0.15, 0.2) is 11.7 Å². The van der Waals surface area contributed by atoms with Gasteiger partial charge in [-0.1, -0.05) is 18.2 Å². The monoisotopic (exact) mass is 513 g/mol. The van der Waals surface area contributed by atoms with Crippen LogP contribution in [0.5, 0.6) is 0 Å². The van der Waals surface area contributed by atoms with Crippen molar-refractivity contribution in [3.05, 3.63) is 46.4 Å². The molecule has 27 heavy (non-hydrogen) atoms. The topological polar surface area (TPSA) is 78.4 Å². The van der Waals surface area contributed by atoms with Crippen molar-refractivity contribution < 1.29 is 18.0 Å². The van der Waals surface area contributed by atoms with Crippen LogP contribution in [-0.2, 0) is 17.4 Å². The van der Waals surface area contributed by atoms with E-state index in [2.05, 4.69) is 25.9 Å². The summed E-state index contributed by atoms with van der Waals surface area (Å²) in [5.41, 5.74) is -0.191. The number of rotatable bonds is 6.